The minimum atomic E-state index is -6.13. The summed E-state index contributed by atoms with van der Waals surface area (Å²) in [6.07, 6.45) is -22.0. The van der Waals surface area contributed by atoms with E-state index in [1.165, 1.54) is 0 Å². The van der Waals surface area contributed by atoms with Crippen LogP contribution in [0.2, 0.25) is 0 Å². The second-order valence-corrected chi connectivity index (χ2v) is 30.2. The molecular formula is C48H74O31S5. The topological polar surface area (TPSA) is 473 Å². The molecule has 7 aliphatic rings. The Labute approximate surface area is 487 Å². The van der Waals surface area contributed by atoms with Gasteiger partial charge in [0.15, 0.2) is 36.7 Å². The van der Waals surface area contributed by atoms with Crippen LogP contribution in [0.3, 0.4) is 0 Å². The summed E-state index contributed by atoms with van der Waals surface area (Å²) in [7, 11) is -30.3. The largest absolute Gasteiger partial charge is 0.479 e. The van der Waals surface area contributed by atoms with Crippen molar-refractivity contribution in [3.05, 3.63) is 11.6 Å². The van der Waals surface area contributed by atoms with Gasteiger partial charge in [-0.25, -0.2) is 30.5 Å². The fourth-order valence-corrected chi connectivity index (χ4v) is 17.8. The van der Waals surface area contributed by atoms with E-state index >= 15 is 4.79 Å². The second kappa shape index (κ2) is 23.8. The van der Waals surface area contributed by atoms with Gasteiger partial charge in [0, 0.05) is 5.92 Å². The molecule has 2 aliphatic heterocycles. The van der Waals surface area contributed by atoms with Gasteiger partial charge < -0.3 is 33.9 Å². The molecule has 0 unspecified atom stereocenters. The molecule has 84 heavy (non-hydrogen) atoms. The molecule has 0 spiro atoms. The molecule has 0 aromatic carbocycles. The van der Waals surface area contributed by atoms with E-state index in [1.54, 1.807) is 19.9 Å². The molecule has 482 valence electrons. The summed E-state index contributed by atoms with van der Waals surface area (Å²) < 4.78 is 223. The van der Waals surface area contributed by atoms with Gasteiger partial charge in [0.25, 0.3) is 0 Å². The second-order valence-electron chi connectivity index (χ2n) is 25.0. The average Bonchev–Trinajstić information content (AvgIpc) is 0.859. The Hall–Kier alpha value is -2.99. The Morgan fingerprint density at radius 3 is 1.56 bits per heavy atom. The summed E-state index contributed by atoms with van der Waals surface area (Å²) in [5.74, 6) is -6.33. The zero-order valence-electron chi connectivity index (χ0n) is 47.0. The molecule has 36 heteroatoms. The maximum absolute atomic E-state index is 15.3. The van der Waals surface area contributed by atoms with E-state index < -0.39 is 170 Å². The Morgan fingerprint density at radius 1 is 0.583 bits per heavy atom. The third-order valence-electron chi connectivity index (χ3n) is 19.5. The van der Waals surface area contributed by atoms with Gasteiger partial charge in [-0.15, -0.1) is 0 Å². The van der Waals surface area contributed by atoms with Crippen molar-refractivity contribution in [3.63, 3.8) is 0 Å². The van der Waals surface area contributed by atoms with Crippen LogP contribution < -0.4 is 0 Å². The molecule has 19 atom stereocenters. The minimum absolute atomic E-state index is 0.0831. The van der Waals surface area contributed by atoms with E-state index in [0.717, 1.165) is 50.5 Å². The predicted octanol–water partition coefficient (Wildman–Crippen LogP) is 3.42. The zero-order valence-corrected chi connectivity index (χ0v) is 51.1. The van der Waals surface area contributed by atoms with Crippen molar-refractivity contribution in [3.8, 4) is 0 Å². The highest BCUT2D eigenvalue weighted by atomic mass is 32.3. The number of hydrogen-bond donors (Lipinski definition) is 7. The van der Waals surface area contributed by atoms with Crippen molar-refractivity contribution < 1.29 is 139 Å². The molecule has 31 nitrogen and oxygen atoms in total. The number of carbonyl (C=O) groups is 4. The van der Waals surface area contributed by atoms with Gasteiger partial charge in [-0.3, -0.25) is 32.4 Å². The molecule has 2 saturated heterocycles. The number of ketones is 1. The maximum atomic E-state index is 15.3. The first-order valence-electron chi connectivity index (χ1n) is 27.0. The van der Waals surface area contributed by atoms with Gasteiger partial charge >= 0.3 is 69.9 Å². The Balaban J connectivity index is 1.28. The molecule has 4 saturated carbocycles. The van der Waals surface area contributed by atoms with Crippen LogP contribution in [0.4, 0.5) is 0 Å². The van der Waals surface area contributed by atoms with Crippen molar-refractivity contribution in [2.45, 2.75) is 206 Å². The Kier molecular flexibility index (Phi) is 19.4. The molecular weight excluding hydrogens is 1230 g/mol. The van der Waals surface area contributed by atoms with E-state index in [1.807, 2.05) is 13.8 Å². The first kappa shape index (κ1) is 68.5. The number of carboxylic acids is 2. The number of fused-ring (bicyclic) bond motifs is 7. The molecule has 7 rings (SSSR count). The van der Waals surface area contributed by atoms with Crippen LogP contribution in [0.5, 0.6) is 0 Å². The normalized spacial score (nSPS) is 40.9. The number of unbranched alkanes of at least 4 members (excludes halogenated alkanes) is 3. The number of aliphatic carboxylic acids is 2. The lowest BCUT2D eigenvalue weighted by molar-refractivity contribution is -0.364. The van der Waals surface area contributed by atoms with E-state index in [0.29, 0.717) is 32.3 Å². The molecule has 5 aliphatic carbocycles. The highest BCUT2D eigenvalue weighted by molar-refractivity contribution is 7.82. The molecule has 7 N–H and O–H groups in total. The highest BCUT2D eigenvalue weighted by Gasteiger charge is 2.71. The van der Waals surface area contributed by atoms with Crippen LogP contribution in [0, 0.1) is 50.2 Å². The monoisotopic (exact) mass is 1310 g/mol. The summed E-state index contributed by atoms with van der Waals surface area (Å²) >= 11 is 0. The van der Waals surface area contributed by atoms with E-state index in [-0.39, 0.29) is 35.9 Å². The van der Waals surface area contributed by atoms with Gasteiger partial charge in [-0.1, -0.05) is 73.3 Å². The van der Waals surface area contributed by atoms with E-state index in [2.05, 4.69) is 44.4 Å². The van der Waals surface area contributed by atoms with Gasteiger partial charge in [-0.2, -0.15) is 42.1 Å². The van der Waals surface area contributed by atoms with Crippen molar-refractivity contribution in [1.29, 1.82) is 0 Å². The maximum Gasteiger partial charge on any atom is 0.397 e. The SMILES string of the molecule is CCCCCCOC(=O)[C@@]1(C)CC[C@]2(C)CC[C@]3(C)C(=CC(=O)[C@@H]4[C@@]5(C)CC[C@H](O[C@@H]6O[C@H](C(=O)O)[C@@H](OS(=O)(=O)O)[C@H](OS(=O)(=O)O)[C@H]6O[C@@H]6O[C@H](C(=O)O)[C@@H](OS(=O)(=O)O)[C@H](OS(=O)(=O)O)[C@H]6OS(=O)(=O)O)C(C)(C)[C@@H]5CC[C@]43C)[C@@H]2C1. The molecule has 0 bridgehead atoms. The van der Waals surface area contributed by atoms with Crippen LogP contribution >= 0.6 is 0 Å². The lowest BCUT2D eigenvalue weighted by atomic mass is 9.33. The van der Waals surface area contributed by atoms with Crippen LogP contribution in [0.1, 0.15) is 139 Å². The smallest absolute Gasteiger partial charge is 0.397 e. The van der Waals surface area contributed by atoms with Crippen LogP contribution in [-0.2, 0) is 116 Å². The number of hydrogen-bond acceptors (Lipinski definition) is 24. The summed E-state index contributed by atoms with van der Waals surface area (Å²) in [6, 6.07) is 0. The molecule has 6 fully saturated rings. The van der Waals surface area contributed by atoms with Gasteiger partial charge in [0.05, 0.1) is 18.1 Å². The summed E-state index contributed by atoms with van der Waals surface area (Å²) in [5, 5.41) is 20.6. The van der Waals surface area contributed by atoms with Crippen LogP contribution in [0.15, 0.2) is 11.6 Å². The summed E-state index contributed by atoms with van der Waals surface area (Å²) in [6.45, 7) is 16.2. The minimum Gasteiger partial charge on any atom is -0.479 e. The Morgan fingerprint density at radius 2 is 1.06 bits per heavy atom. The van der Waals surface area contributed by atoms with Crippen molar-refractivity contribution >= 4 is 75.7 Å². The molecule has 0 amide bonds. The molecule has 0 aromatic heterocycles. The number of ether oxygens (including phenoxy) is 5. The first-order chi connectivity index (χ1) is 38.2. The molecule has 0 aromatic rings. The molecule has 0 radical (unpaired) electrons. The standard InChI is InChI=1S/C48H74O31S5/c1-9-10-11-12-21-70-42(54)45(5)18-17-44(4)19-20-47(7)24(25(44)23-45)22-26(49)37-46(6)15-14-28(43(2,3)27(46)13-16-48(37,47)8)71-40-35(31(77-82(61,62)63)29(75-80(55,56)57)33(72-40)38(50)51)74-41-36(79-84(67,68)69)32(78-83(64,65)66)30(76-81(58,59)60)34(73-41)39(52)53/h22,25,27-37,40-41H,9-21,23H2,1-8H3,(H,50,51)(H,52,53)(H,55,56,57)(H,58,59,60)(H,61,62,63)(H,64,65,66)(H,67,68,69)/t25-,27-,28-,29-,30-,31-,32-,33-,34-,35+,36+,37+,40+,41-,44+,45-,46-,47+,48+/m0/s1. The lowest BCUT2D eigenvalue weighted by Gasteiger charge is -2.70. The fraction of sp³-hybridized carbons (Fsp3) is 0.875. The number of allylic oxidation sites excluding steroid dienone is 2. The van der Waals surface area contributed by atoms with E-state index in [4.69, 9.17) is 27.9 Å². The van der Waals surface area contributed by atoms with Crippen molar-refractivity contribution in [2.24, 2.45) is 50.2 Å². The number of rotatable bonds is 22. The average molecular weight is 1310 g/mol. The Bertz CT molecular complexity index is 3170. The number of carbonyl (C=O) groups excluding carboxylic acids is 2. The molecule has 2 heterocycles. The lowest BCUT2D eigenvalue weighted by Crippen LogP contribution is -2.69. The third-order valence-corrected chi connectivity index (χ3v) is 21.8. The highest BCUT2D eigenvalue weighted by Crippen LogP contribution is 2.75. The van der Waals surface area contributed by atoms with Gasteiger partial charge in [0.1, 0.15) is 30.5 Å². The quantitative estimate of drug-likeness (QED) is 0.0353. The predicted molar refractivity (Wildman–Crippen MR) is 279 cm³/mol. The van der Waals surface area contributed by atoms with Crippen LogP contribution in [-0.4, -0.2) is 173 Å². The number of esters is 1. The first-order valence-corrected chi connectivity index (χ1v) is 33.8. The van der Waals surface area contributed by atoms with Gasteiger partial charge in [0.2, 0.25) is 0 Å². The third kappa shape index (κ3) is 14.0. The van der Waals surface area contributed by atoms with Crippen molar-refractivity contribution in [1.82, 2.24) is 0 Å². The zero-order chi connectivity index (χ0) is 63.1. The van der Waals surface area contributed by atoms with E-state index in [9.17, 15) is 89.4 Å². The number of carboxylic acid groups (broad SMARTS) is 2. The van der Waals surface area contributed by atoms with Crippen LogP contribution in [0.25, 0.3) is 0 Å². The summed E-state index contributed by atoms with van der Waals surface area (Å²) in [4.78, 5) is 54.8. The van der Waals surface area contributed by atoms with Crippen molar-refractivity contribution in [2.75, 3.05) is 6.61 Å². The fourth-order valence-electron chi connectivity index (χ4n) is 15.4. The summed E-state index contributed by atoms with van der Waals surface area (Å²) in [5.41, 5.74) is -3.35. The van der Waals surface area contributed by atoms with Gasteiger partial charge in [-0.05, 0) is 116 Å².